The maximum absolute atomic E-state index is 13.5. The van der Waals surface area contributed by atoms with Crippen molar-refractivity contribution in [3.05, 3.63) is 29.3 Å². The molecule has 1 unspecified atom stereocenters. The first-order chi connectivity index (χ1) is 8.70. The zero-order chi connectivity index (χ0) is 13.0. The minimum atomic E-state index is -0.789. The van der Waals surface area contributed by atoms with Crippen molar-refractivity contribution in [3.63, 3.8) is 0 Å². The van der Waals surface area contributed by atoms with Crippen LogP contribution in [0.5, 0.6) is 0 Å². The van der Waals surface area contributed by atoms with Crippen LogP contribution in [0.1, 0.15) is 5.56 Å². The number of hydrogen-bond donors (Lipinski definition) is 1. The molecule has 1 atom stereocenters. The van der Waals surface area contributed by atoms with Gasteiger partial charge in [-0.05, 0) is 12.1 Å². The van der Waals surface area contributed by atoms with Crippen LogP contribution in [0, 0.1) is 23.0 Å². The van der Waals surface area contributed by atoms with Crippen molar-refractivity contribution in [3.8, 4) is 6.07 Å². The lowest BCUT2D eigenvalue weighted by atomic mass is 10.2. The van der Waals surface area contributed by atoms with Crippen LogP contribution in [0.4, 0.5) is 14.5 Å². The standard InChI is InChI=1S/C12H12F2N2O2/c13-10-3-8(5-15)4-11(14)12(10)16-6-9-7-17-1-2-18-9/h3-4,9,16H,1-2,6-7H2. The third-order valence-electron chi connectivity index (χ3n) is 2.56. The summed E-state index contributed by atoms with van der Waals surface area (Å²) in [6.07, 6.45) is -0.229. The second-order valence-corrected chi connectivity index (χ2v) is 3.88. The summed E-state index contributed by atoms with van der Waals surface area (Å²) < 4.78 is 37.6. The van der Waals surface area contributed by atoms with Gasteiger partial charge < -0.3 is 14.8 Å². The molecule has 1 aliphatic rings. The third kappa shape index (κ3) is 2.94. The predicted molar refractivity (Wildman–Crippen MR) is 60.1 cm³/mol. The van der Waals surface area contributed by atoms with E-state index in [2.05, 4.69) is 5.32 Å². The van der Waals surface area contributed by atoms with Crippen molar-refractivity contribution in [1.29, 1.82) is 5.26 Å². The van der Waals surface area contributed by atoms with E-state index in [9.17, 15) is 8.78 Å². The molecule has 1 saturated heterocycles. The first-order valence-electron chi connectivity index (χ1n) is 5.53. The van der Waals surface area contributed by atoms with E-state index >= 15 is 0 Å². The molecule has 0 bridgehead atoms. The highest BCUT2D eigenvalue weighted by atomic mass is 19.1. The van der Waals surface area contributed by atoms with Gasteiger partial charge >= 0.3 is 0 Å². The number of halogens is 2. The summed E-state index contributed by atoms with van der Waals surface area (Å²) in [4.78, 5) is 0. The van der Waals surface area contributed by atoms with Crippen molar-refractivity contribution in [2.24, 2.45) is 0 Å². The van der Waals surface area contributed by atoms with Crippen molar-refractivity contribution < 1.29 is 18.3 Å². The van der Waals surface area contributed by atoms with Crippen LogP contribution in [-0.2, 0) is 9.47 Å². The number of nitrogens with one attached hydrogen (secondary N) is 1. The second kappa shape index (κ2) is 5.76. The second-order valence-electron chi connectivity index (χ2n) is 3.88. The molecular weight excluding hydrogens is 242 g/mol. The smallest absolute Gasteiger partial charge is 0.150 e. The average molecular weight is 254 g/mol. The van der Waals surface area contributed by atoms with Crippen molar-refractivity contribution in [2.75, 3.05) is 31.7 Å². The lowest BCUT2D eigenvalue weighted by molar-refractivity contribution is -0.0819. The van der Waals surface area contributed by atoms with Crippen LogP contribution in [-0.4, -0.2) is 32.5 Å². The van der Waals surface area contributed by atoms with E-state index in [1.165, 1.54) is 0 Å². The average Bonchev–Trinajstić information content (AvgIpc) is 2.38. The lowest BCUT2D eigenvalue weighted by Crippen LogP contribution is -2.34. The summed E-state index contributed by atoms with van der Waals surface area (Å²) in [6, 6.07) is 3.67. The van der Waals surface area contributed by atoms with Crippen LogP contribution >= 0.6 is 0 Å². The predicted octanol–water partition coefficient (Wildman–Crippen LogP) is 1.66. The molecule has 0 aromatic heterocycles. The van der Waals surface area contributed by atoms with Crippen LogP contribution < -0.4 is 5.32 Å². The van der Waals surface area contributed by atoms with Crippen molar-refractivity contribution >= 4 is 5.69 Å². The van der Waals surface area contributed by atoms with Gasteiger partial charge in [0.2, 0.25) is 0 Å². The summed E-state index contributed by atoms with van der Waals surface area (Å²) in [5.41, 5.74) is -0.295. The maximum atomic E-state index is 13.5. The van der Waals surface area contributed by atoms with Crippen molar-refractivity contribution in [1.82, 2.24) is 0 Å². The Morgan fingerprint density at radius 3 is 2.61 bits per heavy atom. The number of nitrogens with zero attached hydrogens (tertiary/aromatic N) is 1. The van der Waals surface area contributed by atoms with Crippen LogP contribution in [0.25, 0.3) is 0 Å². The molecule has 0 saturated carbocycles. The Labute approximate surface area is 103 Å². The van der Waals surface area contributed by atoms with Crippen molar-refractivity contribution in [2.45, 2.75) is 6.10 Å². The Balaban J connectivity index is 2.02. The van der Waals surface area contributed by atoms with Crippen LogP contribution in [0.15, 0.2) is 12.1 Å². The molecule has 0 aliphatic carbocycles. The Morgan fingerprint density at radius 2 is 2.06 bits per heavy atom. The van der Waals surface area contributed by atoms with E-state index in [-0.39, 0.29) is 23.9 Å². The quantitative estimate of drug-likeness (QED) is 0.891. The summed E-state index contributed by atoms with van der Waals surface area (Å²) in [5.74, 6) is -1.58. The first kappa shape index (κ1) is 12.7. The normalized spacial score (nSPS) is 19.3. The highest BCUT2D eigenvalue weighted by molar-refractivity contribution is 5.50. The fourth-order valence-electron chi connectivity index (χ4n) is 1.68. The van der Waals surface area contributed by atoms with E-state index in [4.69, 9.17) is 14.7 Å². The molecule has 0 spiro atoms. The Morgan fingerprint density at radius 1 is 1.33 bits per heavy atom. The highest BCUT2D eigenvalue weighted by Crippen LogP contribution is 2.20. The topological polar surface area (TPSA) is 54.3 Å². The van der Waals surface area contributed by atoms with Gasteiger partial charge in [-0.2, -0.15) is 5.26 Å². The van der Waals surface area contributed by atoms with Gasteiger partial charge in [0.25, 0.3) is 0 Å². The zero-order valence-corrected chi connectivity index (χ0v) is 9.58. The van der Waals surface area contributed by atoms with Gasteiger partial charge in [-0.15, -0.1) is 0 Å². The van der Waals surface area contributed by atoms with E-state index in [1.54, 1.807) is 6.07 Å². The monoisotopic (exact) mass is 254 g/mol. The molecule has 1 fully saturated rings. The molecule has 0 radical (unpaired) electrons. The number of anilines is 1. The minimum Gasteiger partial charge on any atom is -0.378 e. The van der Waals surface area contributed by atoms with Gasteiger partial charge in [-0.25, -0.2) is 8.78 Å². The van der Waals surface area contributed by atoms with Crippen LogP contribution in [0.2, 0.25) is 0 Å². The zero-order valence-electron chi connectivity index (χ0n) is 9.58. The lowest BCUT2D eigenvalue weighted by Gasteiger charge is -2.23. The summed E-state index contributed by atoms with van der Waals surface area (Å²) in [5, 5.41) is 11.2. The Hall–Kier alpha value is -1.71. The van der Waals surface area contributed by atoms with E-state index in [0.29, 0.717) is 19.8 Å². The molecule has 6 heteroatoms. The Kier molecular flexibility index (Phi) is 4.07. The highest BCUT2D eigenvalue weighted by Gasteiger charge is 2.16. The van der Waals surface area contributed by atoms with Gasteiger partial charge in [0.1, 0.15) is 5.69 Å². The van der Waals surface area contributed by atoms with Gasteiger partial charge in [-0.1, -0.05) is 0 Å². The molecule has 0 amide bonds. The molecule has 96 valence electrons. The van der Waals surface area contributed by atoms with Gasteiger partial charge in [0.05, 0.1) is 37.6 Å². The minimum absolute atomic E-state index is 0.0483. The summed E-state index contributed by atoms with van der Waals surface area (Å²) in [7, 11) is 0. The number of benzene rings is 1. The SMILES string of the molecule is N#Cc1cc(F)c(NCC2COCCO2)c(F)c1. The Bertz CT molecular complexity index is 445. The molecule has 1 heterocycles. The molecule has 18 heavy (non-hydrogen) atoms. The van der Waals surface area contributed by atoms with Gasteiger partial charge in [0, 0.05) is 6.54 Å². The maximum Gasteiger partial charge on any atom is 0.150 e. The van der Waals surface area contributed by atoms with Gasteiger partial charge in [-0.3, -0.25) is 0 Å². The fraction of sp³-hybridized carbons (Fsp3) is 0.417. The largest absolute Gasteiger partial charge is 0.378 e. The molecule has 1 aliphatic heterocycles. The number of rotatable bonds is 3. The fourth-order valence-corrected chi connectivity index (χ4v) is 1.68. The molecule has 1 aromatic carbocycles. The number of hydrogen-bond acceptors (Lipinski definition) is 4. The summed E-state index contributed by atoms with van der Waals surface area (Å²) >= 11 is 0. The summed E-state index contributed by atoms with van der Waals surface area (Å²) in [6.45, 7) is 1.66. The van der Waals surface area contributed by atoms with Crippen LogP contribution in [0.3, 0.4) is 0 Å². The van der Waals surface area contributed by atoms with E-state index in [0.717, 1.165) is 12.1 Å². The number of nitriles is 1. The molecule has 1 aromatic rings. The van der Waals surface area contributed by atoms with E-state index < -0.39 is 11.6 Å². The molecular formula is C12H12F2N2O2. The number of ether oxygens (including phenoxy) is 2. The van der Waals surface area contributed by atoms with Gasteiger partial charge in [0.15, 0.2) is 11.6 Å². The molecule has 2 rings (SSSR count). The molecule has 1 N–H and O–H groups in total. The van der Waals surface area contributed by atoms with E-state index in [1.807, 2.05) is 0 Å². The first-order valence-corrected chi connectivity index (χ1v) is 5.53. The molecule has 4 nitrogen and oxygen atoms in total. The third-order valence-corrected chi connectivity index (χ3v) is 2.56.